The van der Waals surface area contributed by atoms with Gasteiger partial charge in [-0.25, -0.2) is 0 Å². The Bertz CT molecular complexity index is 576. The summed E-state index contributed by atoms with van der Waals surface area (Å²) in [5.41, 5.74) is 1.70. The summed E-state index contributed by atoms with van der Waals surface area (Å²) in [5.74, 6) is 0.231. The minimum atomic E-state index is -0.308. The van der Waals surface area contributed by atoms with Crippen molar-refractivity contribution in [2.45, 2.75) is 40.7 Å². The average molecular weight is 244 g/mol. The number of rotatable bonds is 3. The lowest BCUT2D eigenvalue weighted by Gasteiger charge is -2.15. The first kappa shape index (κ1) is 12.8. The zero-order valence-corrected chi connectivity index (χ0v) is 11.5. The van der Waals surface area contributed by atoms with Gasteiger partial charge < -0.3 is 0 Å². The van der Waals surface area contributed by atoms with Crippen LogP contribution < -0.4 is 0 Å². The fraction of sp³-hybridized carbons (Fsp3) is 0.467. The highest BCUT2D eigenvalue weighted by Crippen LogP contribution is 2.23. The van der Waals surface area contributed by atoms with Gasteiger partial charge in [0.05, 0.1) is 17.6 Å². The van der Waals surface area contributed by atoms with Crippen LogP contribution in [0, 0.1) is 5.41 Å². The number of carbonyl (C=O) groups is 1. The maximum Gasteiger partial charge on any atom is 0.144 e. The van der Waals surface area contributed by atoms with E-state index in [2.05, 4.69) is 18.1 Å². The maximum atomic E-state index is 12.1. The highest BCUT2D eigenvalue weighted by molar-refractivity contribution is 5.90. The van der Waals surface area contributed by atoms with Gasteiger partial charge in [-0.2, -0.15) is 5.10 Å². The molecule has 0 spiro atoms. The standard InChI is InChI=1S/C15H20N2O/c1-5-17-13-9-7-6-8-11(13)12(16-17)10-14(18)15(2,3)4/h6-9H,5,10H2,1-4H3. The molecule has 0 unspecified atom stereocenters. The lowest BCUT2D eigenvalue weighted by molar-refractivity contribution is -0.125. The van der Waals surface area contributed by atoms with Crippen LogP contribution in [0.15, 0.2) is 24.3 Å². The van der Waals surface area contributed by atoms with Gasteiger partial charge in [-0.15, -0.1) is 0 Å². The molecule has 3 heteroatoms. The Morgan fingerprint density at radius 2 is 1.94 bits per heavy atom. The molecular formula is C15H20N2O. The third kappa shape index (κ3) is 2.30. The van der Waals surface area contributed by atoms with Gasteiger partial charge in [-0.3, -0.25) is 9.48 Å². The number of carbonyl (C=O) groups excluding carboxylic acids is 1. The molecule has 2 aromatic rings. The topological polar surface area (TPSA) is 34.9 Å². The molecule has 0 aliphatic heterocycles. The van der Waals surface area contributed by atoms with Crippen molar-refractivity contribution in [1.29, 1.82) is 0 Å². The number of Topliss-reactive ketones (excluding diaryl/α,β-unsaturated/α-hetero) is 1. The number of ketones is 1. The van der Waals surface area contributed by atoms with Gasteiger partial charge in [0.2, 0.25) is 0 Å². The van der Waals surface area contributed by atoms with Crippen LogP contribution in [0.3, 0.4) is 0 Å². The van der Waals surface area contributed by atoms with Crippen LogP contribution >= 0.6 is 0 Å². The summed E-state index contributed by atoms with van der Waals surface area (Å²) < 4.78 is 1.96. The molecule has 1 heterocycles. The zero-order chi connectivity index (χ0) is 13.3. The summed E-state index contributed by atoms with van der Waals surface area (Å²) >= 11 is 0. The van der Waals surface area contributed by atoms with E-state index in [1.165, 1.54) is 0 Å². The Balaban J connectivity index is 2.43. The molecule has 3 nitrogen and oxygen atoms in total. The van der Waals surface area contributed by atoms with Gasteiger partial charge >= 0.3 is 0 Å². The molecule has 0 aliphatic carbocycles. The van der Waals surface area contributed by atoms with E-state index in [0.717, 1.165) is 23.1 Å². The van der Waals surface area contributed by atoms with Gasteiger partial charge in [0.15, 0.2) is 0 Å². The molecule has 18 heavy (non-hydrogen) atoms. The SMILES string of the molecule is CCn1nc(CC(=O)C(C)(C)C)c2ccccc21. The predicted molar refractivity (Wildman–Crippen MR) is 73.6 cm³/mol. The second-order valence-corrected chi connectivity index (χ2v) is 5.63. The lowest BCUT2D eigenvalue weighted by atomic mass is 9.88. The van der Waals surface area contributed by atoms with Crippen LogP contribution in [0.1, 0.15) is 33.4 Å². The summed E-state index contributed by atoms with van der Waals surface area (Å²) in [4.78, 5) is 12.1. The number of aryl methyl sites for hydroxylation is 1. The van der Waals surface area contributed by atoms with E-state index in [1.807, 2.05) is 43.7 Å². The van der Waals surface area contributed by atoms with Crippen LogP contribution in [0.25, 0.3) is 10.9 Å². The van der Waals surface area contributed by atoms with Crippen molar-refractivity contribution in [3.63, 3.8) is 0 Å². The average Bonchev–Trinajstić information content (AvgIpc) is 2.67. The van der Waals surface area contributed by atoms with E-state index >= 15 is 0 Å². The summed E-state index contributed by atoms with van der Waals surface area (Å²) in [6.45, 7) is 8.75. The van der Waals surface area contributed by atoms with Crippen molar-refractivity contribution in [3.8, 4) is 0 Å². The molecule has 0 saturated heterocycles. The first-order chi connectivity index (χ1) is 8.43. The maximum absolute atomic E-state index is 12.1. The second-order valence-electron chi connectivity index (χ2n) is 5.63. The first-order valence-electron chi connectivity index (χ1n) is 6.41. The number of fused-ring (bicyclic) bond motifs is 1. The van der Waals surface area contributed by atoms with Crippen LogP contribution in [-0.4, -0.2) is 15.6 Å². The van der Waals surface area contributed by atoms with Gasteiger partial charge in [0.25, 0.3) is 0 Å². The zero-order valence-electron chi connectivity index (χ0n) is 11.5. The Morgan fingerprint density at radius 1 is 1.28 bits per heavy atom. The minimum Gasteiger partial charge on any atom is -0.299 e. The van der Waals surface area contributed by atoms with E-state index in [0.29, 0.717) is 6.42 Å². The molecule has 0 aliphatic rings. The summed E-state index contributed by atoms with van der Waals surface area (Å²) in [5, 5.41) is 5.65. The summed E-state index contributed by atoms with van der Waals surface area (Å²) in [6, 6.07) is 8.09. The molecule has 0 amide bonds. The normalized spacial score (nSPS) is 12.0. The Kier molecular flexibility index (Phi) is 3.24. The summed E-state index contributed by atoms with van der Waals surface area (Å²) in [7, 11) is 0. The predicted octanol–water partition coefficient (Wildman–Crippen LogP) is 3.21. The summed E-state index contributed by atoms with van der Waals surface area (Å²) in [6.07, 6.45) is 0.414. The molecule has 0 saturated carbocycles. The molecule has 0 bridgehead atoms. The van der Waals surface area contributed by atoms with Crippen molar-refractivity contribution < 1.29 is 4.79 Å². The fourth-order valence-electron chi connectivity index (χ4n) is 1.99. The monoisotopic (exact) mass is 244 g/mol. The molecule has 1 aromatic heterocycles. The van der Waals surface area contributed by atoms with Crippen LogP contribution in [0.2, 0.25) is 0 Å². The number of para-hydroxylation sites is 1. The van der Waals surface area contributed by atoms with Gasteiger partial charge in [0, 0.05) is 17.3 Å². The molecular weight excluding hydrogens is 224 g/mol. The van der Waals surface area contributed by atoms with Crippen molar-refractivity contribution in [1.82, 2.24) is 9.78 Å². The minimum absolute atomic E-state index is 0.231. The molecule has 0 fully saturated rings. The number of hydrogen-bond acceptors (Lipinski definition) is 2. The number of aromatic nitrogens is 2. The molecule has 1 aromatic carbocycles. The van der Waals surface area contributed by atoms with Crippen LogP contribution in [0.4, 0.5) is 0 Å². The van der Waals surface area contributed by atoms with Crippen molar-refractivity contribution >= 4 is 16.7 Å². The van der Waals surface area contributed by atoms with E-state index in [4.69, 9.17) is 0 Å². The Labute approximate surface area is 108 Å². The smallest absolute Gasteiger partial charge is 0.144 e. The van der Waals surface area contributed by atoms with E-state index in [-0.39, 0.29) is 11.2 Å². The molecule has 96 valence electrons. The molecule has 0 N–H and O–H groups in total. The van der Waals surface area contributed by atoms with Gasteiger partial charge in [-0.05, 0) is 13.0 Å². The second kappa shape index (κ2) is 4.56. The third-order valence-electron chi connectivity index (χ3n) is 3.20. The quantitative estimate of drug-likeness (QED) is 0.831. The highest BCUT2D eigenvalue weighted by atomic mass is 16.1. The van der Waals surface area contributed by atoms with Gasteiger partial charge in [-0.1, -0.05) is 39.0 Å². The third-order valence-corrected chi connectivity index (χ3v) is 3.20. The lowest BCUT2D eigenvalue weighted by Crippen LogP contribution is -2.22. The molecule has 2 rings (SSSR count). The number of hydrogen-bond donors (Lipinski definition) is 0. The highest BCUT2D eigenvalue weighted by Gasteiger charge is 2.23. The largest absolute Gasteiger partial charge is 0.299 e. The number of nitrogens with zero attached hydrogens (tertiary/aromatic N) is 2. The van der Waals surface area contributed by atoms with E-state index < -0.39 is 0 Å². The first-order valence-corrected chi connectivity index (χ1v) is 6.41. The van der Waals surface area contributed by atoms with Crippen molar-refractivity contribution in [3.05, 3.63) is 30.0 Å². The fourth-order valence-corrected chi connectivity index (χ4v) is 1.99. The molecule has 0 atom stereocenters. The van der Waals surface area contributed by atoms with Gasteiger partial charge in [0.1, 0.15) is 5.78 Å². The Hall–Kier alpha value is -1.64. The van der Waals surface area contributed by atoms with Crippen molar-refractivity contribution in [2.24, 2.45) is 5.41 Å². The Morgan fingerprint density at radius 3 is 2.56 bits per heavy atom. The molecule has 0 radical (unpaired) electrons. The van der Waals surface area contributed by atoms with E-state index in [9.17, 15) is 4.79 Å². The van der Waals surface area contributed by atoms with Crippen LogP contribution in [0.5, 0.6) is 0 Å². The van der Waals surface area contributed by atoms with Crippen molar-refractivity contribution in [2.75, 3.05) is 0 Å². The van der Waals surface area contributed by atoms with Crippen LogP contribution in [-0.2, 0) is 17.8 Å². The van der Waals surface area contributed by atoms with E-state index in [1.54, 1.807) is 0 Å². The number of benzene rings is 1.